The van der Waals surface area contributed by atoms with Gasteiger partial charge in [-0.1, -0.05) is 6.42 Å². The monoisotopic (exact) mass is 359 g/mol. The molecule has 0 N–H and O–H groups in total. The first-order valence-corrected chi connectivity index (χ1v) is 9.29. The van der Waals surface area contributed by atoms with E-state index in [1.165, 1.54) is 0 Å². The van der Waals surface area contributed by atoms with Crippen LogP contribution in [0.2, 0.25) is 0 Å². The molecular weight excluding hydrogens is 330 g/mol. The molecule has 2 aliphatic rings. The number of nitrogens with zero attached hydrogens (tertiary/aromatic N) is 3. The van der Waals surface area contributed by atoms with Gasteiger partial charge in [-0.05, 0) is 64.5 Å². The molecule has 6 nitrogen and oxygen atoms in total. The lowest BCUT2D eigenvalue weighted by Gasteiger charge is -2.48. The highest BCUT2D eigenvalue weighted by molar-refractivity contribution is 6.00. The molecule has 2 heterocycles. The van der Waals surface area contributed by atoms with E-state index in [-0.39, 0.29) is 24.4 Å². The van der Waals surface area contributed by atoms with Gasteiger partial charge in [0.25, 0.3) is 0 Å². The number of benzene rings is 1. The van der Waals surface area contributed by atoms with E-state index in [0.717, 1.165) is 37.2 Å². The second-order valence-electron chi connectivity index (χ2n) is 7.93. The van der Waals surface area contributed by atoms with Gasteiger partial charge in [-0.2, -0.15) is 0 Å². The number of hydrogen-bond donors (Lipinski definition) is 0. The molecule has 1 atom stereocenters. The van der Waals surface area contributed by atoms with Crippen molar-refractivity contribution in [1.29, 1.82) is 0 Å². The minimum absolute atomic E-state index is 0.0433. The second kappa shape index (κ2) is 7.27. The third kappa shape index (κ3) is 3.56. The number of likely N-dealkylation sites (N-methyl/N-ethyl adjacent to an activating group) is 1. The zero-order chi connectivity index (χ0) is 18.9. The van der Waals surface area contributed by atoms with Crippen molar-refractivity contribution in [2.24, 2.45) is 0 Å². The average molecular weight is 359 g/mol. The lowest BCUT2D eigenvalue weighted by atomic mass is 9.95. The van der Waals surface area contributed by atoms with Gasteiger partial charge in [-0.3, -0.25) is 14.5 Å². The first-order valence-electron chi connectivity index (χ1n) is 9.29. The van der Waals surface area contributed by atoms with Crippen LogP contribution in [0, 0.1) is 0 Å². The fraction of sp³-hybridized carbons (Fsp3) is 0.600. The number of piperazine rings is 1. The van der Waals surface area contributed by atoms with Gasteiger partial charge in [-0.25, -0.2) is 0 Å². The van der Waals surface area contributed by atoms with Crippen LogP contribution in [0.15, 0.2) is 24.3 Å². The number of hydrogen-bond acceptors (Lipinski definition) is 4. The van der Waals surface area contributed by atoms with E-state index in [0.29, 0.717) is 6.54 Å². The Morgan fingerprint density at radius 2 is 1.88 bits per heavy atom. The molecule has 2 fully saturated rings. The summed E-state index contributed by atoms with van der Waals surface area (Å²) in [7, 11) is 3.62. The van der Waals surface area contributed by atoms with Gasteiger partial charge in [0.05, 0.1) is 18.7 Å². The molecule has 1 unspecified atom stereocenters. The van der Waals surface area contributed by atoms with Crippen molar-refractivity contribution < 1.29 is 14.3 Å². The van der Waals surface area contributed by atoms with E-state index >= 15 is 0 Å². The summed E-state index contributed by atoms with van der Waals surface area (Å²) in [6.07, 6.45) is 3.09. The van der Waals surface area contributed by atoms with Gasteiger partial charge in [0.15, 0.2) is 0 Å². The molecule has 0 saturated carbocycles. The smallest absolute Gasteiger partial charge is 0.247 e. The van der Waals surface area contributed by atoms with E-state index in [9.17, 15) is 9.59 Å². The maximum atomic E-state index is 13.0. The van der Waals surface area contributed by atoms with Crippen LogP contribution in [0.4, 0.5) is 5.69 Å². The van der Waals surface area contributed by atoms with Crippen molar-refractivity contribution in [3.8, 4) is 5.75 Å². The zero-order valence-corrected chi connectivity index (χ0v) is 16.2. The van der Waals surface area contributed by atoms with Crippen LogP contribution in [-0.2, 0) is 9.59 Å². The van der Waals surface area contributed by atoms with Crippen molar-refractivity contribution in [2.75, 3.05) is 38.7 Å². The Balaban J connectivity index is 1.78. The quantitative estimate of drug-likeness (QED) is 0.830. The van der Waals surface area contributed by atoms with Crippen LogP contribution in [0.25, 0.3) is 0 Å². The standard InChI is InChI=1S/C20H29N3O3/c1-20(2)14-22(19(25)17-7-5-6-12-21(17)3)13-18(24)23(20)15-8-10-16(26-4)11-9-15/h8-11,17H,5-7,12-14H2,1-4H3. The summed E-state index contributed by atoms with van der Waals surface area (Å²) >= 11 is 0. The van der Waals surface area contributed by atoms with Crippen molar-refractivity contribution in [2.45, 2.75) is 44.7 Å². The van der Waals surface area contributed by atoms with Gasteiger partial charge < -0.3 is 14.5 Å². The fourth-order valence-corrected chi connectivity index (χ4v) is 4.14. The molecule has 6 heteroatoms. The summed E-state index contributed by atoms with van der Waals surface area (Å²) in [5.74, 6) is 0.800. The molecule has 0 spiro atoms. The number of methoxy groups -OCH3 is 1. The fourth-order valence-electron chi connectivity index (χ4n) is 4.14. The number of carbonyl (C=O) groups is 2. The van der Waals surface area contributed by atoms with Crippen LogP contribution >= 0.6 is 0 Å². The molecule has 0 aromatic heterocycles. The molecule has 142 valence electrons. The van der Waals surface area contributed by atoms with Crippen LogP contribution in [0.1, 0.15) is 33.1 Å². The molecule has 26 heavy (non-hydrogen) atoms. The van der Waals surface area contributed by atoms with E-state index in [2.05, 4.69) is 4.90 Å². The van der Waals surface area contributed by atoms with Gasteiger partial charge in [0.1, 0.15) is 12.3 Å². The number of ether oxygens (including phenoxy) is 1. The minimum atomic E-state index is -0.465. The lowest BCUT2D eigenvalue weighted by molar-refractivity contribution is -0.144. The maximum Gasteiger partial charge on any atom is 0.247 e. The Bertz CT molecular complexity index is 671. The molecular formula is C20H29N3O3. The van der Waals surface area contributed by atoms with E-state index in [1.54, 1.807) is 16.9 Å². The van der Waals surface area contributed by atoms with Gasteiger partial charge in [0, 0.05) is 12.2 Å². The molecule has 0 bridgehead atoms. The summed E-state index contributed by atoms with van der Waals surface area (Å²) in [4.78, 5) is 31.6. The molecule has 1 aromatic rings. The van der Waals surface area contributed by atoms with E-state index in [4.69, 9.17) is 4.74 Å². The number of amides is 2. The van der Waals surface area contributed by atoms with Crippen LogP contribution in [0.5, 0.6) is 5.75 Å². The van der Waals surface area contributed by atoms with Crippen LogP contribution < -0.4 is 9.64 Å². The van der Waals surface area contributed by atoms with E-state index < -0.39 is 5.54 Å². The van der Waals surface area contributed by atoms with Crippen molar-refractivity contribution in [3.05, 3.63) is 24.3 Å². The number of anilines is 1. The predicted octanol–water partition coefficient (Wildman–Crippen LogP) is 2.13. The summed E-state index contributed by atoms with van der Waals surface area (Å²) in [6, 6.07) is 7.40. The molecule has 2 aliphatic heterocycles. The van der Waals surface area contributed by atoms with Gasteiger partial charge in [-0.15, -0.1) is 0 Å². The number of carbonyl (C=O) groups excluding carboxylic acids is 2. The van der Waals surface area contributed by atoms with Gasteiger partial charge >= 0.3 is 0 Å². The highest BCUT2D eigenvalue weighted by Gasteiger charge is 2.43. The molecule has 3 rings (SSSR count). The minimum Gasteiger partial charge on any atom is -0.497 e. The highest BCUT2D eigenvalue weighted by atomic mass is 16.5. The van der Waals surface area contributed by atoms with Crippen molar-refractivity contribution in [3.63, 3.8) is 0 Å². The maximum absolute atomic E-state index is 13.0. The number of rotatable bonds is 3. The first kappa shape index (κ1) is 18.7. The Labute approximate surface area is 155 Å². The molecule has 2 saturated heterocycles. The Morgan fingerprint density at radius 1 is 1.19 bits per heavy atom. The van der Waals surface area contributed by atoms with Gasteiger partial charge in [0.2, 0.25) is 11.8 Å². The number of piperidine rings is 1. The number of likely N-dealkylation sites (tertiary alicyclic amines) is 1. The zero-order valence-electron chi connectivity index (χ0n) is 16.2. The first-order chi connectivity index (χ1) is 12.3. The molecule has 0 aliphatic carbocycles. The SMILES string of the molecule is COc1ccc(N2C(=O)CN(C(=O)C3CCCCN3C)CC2(C)C)cc1. The van der Waals surface area contributed by atoms with Crippen LogP contribution in [-0.4, -0.2) is 67.0 Å². The largest absolute Gasteiger partial charge is 0.497 e. The Morgan fingerprint density at radius 3 is 2.46 bits per heavy atom. The van der Waals surface area contributed by atoms with Crippen molar-refractivity contribution >= 4 is 17.5 Å². The van der Waals surface area contributed by atoms with Crippen LogP contribution in [0.3, 0.4) is 0 Å². The summed E-state index contributed by atoms with van der Waals surface area (Å²) in [6.45, 7) is 5.64. The third-order valence-corrected chi connectivity index (χ3v) is 5.46. The Hall–Kier alpha value is -2.08. The lowest BCUT2D eigenvalue weighted by Crippen LogP contribution is -2.65. The molecule has 1 aromatic carbocycles. The predicted molar refractivity (Wildman–Crippen MR) is 101 cm³/mol. The topological polar surface area (TPSA) is 53.1 Å². The second-order valence-corrected chi connectivity index (χ2v) is 7.93. The summed E-state index contributed by atoms with van der Waals surface area (Å²) in [5.41, 5.74) is 0.370. The summed E-state index contributed by atoms with van der Waals surface area (Å²) < 4.78 is 5.20. The summed E-state index contributed by atoms with van der Waals surface area (Å²) in [5, 5.41) is 0. The molecule has 2 amide bonds. The highest BCUT2D eigenvalue weighted by Crippen LogP contribution is 2.31. The normalized spacial score (nSPS) is 23.8. The Kier molecular flexibility index (Phi) is 5.23. The molecule has 0 radical (unpaired) electrons. The van der Waals surface area contributed by atoms with Crippen molar-refractivity contribution in [1.82, 2.24) is 9.80 Å². The third-order valence-electron chi connectivity index (χ3n) is 5.46. The average Bonchev–Trinajstić information content (AvgIpc) is 2.61. The van der Waals surface area contributed by atoms with E-state index in [1.807, 2.05) is 45.2 Å².